The van der Waals surface area contributed by atoms with Crippen LogP contribution in [-0.4, -0.2) is 17.5 Å². The maximum absolute atomic E-state index is 13.7. The Morgan fingerprint density at radius 3 is 2.55 bits per heavy atom. The van der Waals surface area contributed by atoms with E-state index in [1.807, 2.05) is 60.7 Å². The molecule has 4 aromatic rings. The minimum Gasteiger partial charge on any atom is -0.483 e. The van der Waals surface area contributed by atoms with Crippen LogP contribution in [0.5, 0.6) is 5.75 Å². The highest BCUT2D eigenvalue weighted by Gasteiger charge is 2.11. The number of hydrogen-bond donors (Lipinski definition) is 1. The zero-order valence-corrected chi connectivity index (χ0v) is 15.9. The van der Waals surface area contributed by atoms with E-state index in [1.54, 1.807) is 19.1 Å². The number of nitrogens with zero attached hydrogens (tertiary/aromatic N) is 1. The fraction of sp³-hybridized carbons (Fsp3) is 0.0833. The Morgan fingerprint density at radius 2 is 1.76 bits per heavy atom. The maximum Gasteiger partial charge on any atom is 0.262 e. The maximum atomic E-state index is 13.7. The number of pyridine rings is 1. The smallest absolute Gasteiger partial charge is 0.262 e. The molecule has 3 aromatic carbocycles. The number of aromatic nitrogens is 1. The molecule has 0 saturated heterocycles. The van der Waals surface area contributed by atoms with Crippen LogP contribution >= 0.6 is 0 Å². The van der Waals surface area contributed by atoms with E-state index in [1.165, 1.54) is 6.07 Å². The molecule has 1 amide bonds. The first-order chi connectivity index (χ1) is 14.1. The van der Waals surface area contributed by atoms with Crippen molar-refractivity contribution in [2.45, 2.75) is 6.92 Å². The van der Waals surface area contributed by atoms with Gasteiger partial charge in [-0.15, -0.1) is 0 Å². The summed E-state index contributed by atoms with van der Waals surface area (Å²) in [5, 5.41) is 3.48. The van der Waals surface area contributed by atoms with Gasteiger partial charge in [0.1, 0.15) is 11.6 Å². The van der Waals surface area contributed by atoms with Crippen LogP contribution < -0.4 is 10.1 Å². The molecule has 0 unspecified atom stereocenters. The molecule has 1 heterocycles. The number of hydrogen-bond acceptors (Lipinski definition) is 3. The lowest BCUT2D eigenvalue weighted by Crippen LogP contribution is -2.20. The average Bonchev–Trinajstić information content (AvgIpc) is 2.75. The summed E-state index contributed by atoms with van der Waals surface area (Å²) in [4.78, 5) is 17.0. The number of benzene rings is 3. The minimum absolute atomic E-state index is 0.197. The van der Waals surface area contributed by atoms with Crippen LogP contribution in [0.25, 0.3) is 22.2 Å². The van der Waals surface area contributed by atoms with Crippen LogP contribution in [0.1, 0.15) is 5.56 Å². The Bertz CT molecular complexity index is 1180. The molecule has 4 rings (SSSR count). The van der Waals surface area contributed by atoms with E-state index >= 15 is 0 Å². The van der Waals surface area contributed by atoms with Gasteiger partial charge >= 0.3 is 0 Å². The Balaban J connectivity index is 1.56. The first kappa shape index (κ1) is 18.6. The highest BCUT2D eigenvalue weighted by Crippen LogP contribution is 2.30. The van der Waals surface area contributed by atoms with E-state index < -0.39 is 0 Å². The lowest BCUT2D eigenvalue weighted by Gasteiger charge is -2.12. The molecule has 0 aliphatic heterocycles. The molecule has 4 nitrogen and oxygen atoms in total. The molecule has 0 fully saturated rings. The number of anilines is 1. The highest BCUT2D eigenvalue weighted by atomic mass is 19.1. The normalized spacial score (nSPS) is 10.7. The number of amides is 1. The average molecular weight is 386 g/mol. The van der Waals surface area contributed by atoms with Crippen molar-refractivity contribution in [2.75, 3.05) is 11.9 Å². The molecule has 0 atom stereocenters. The van der Waals surface area contributed by atoms with Gasteiger partial charge in [-0.05, 0) is 36.8 Å². The molecule has 5 heteroatoms. The molecular formula is C24H19FN2O2. The van der Waals surface area contributed by atoms with E-state index in [4.69, 9.17) is 9.72 Å². The molecule has 0 bridgehead atoms. The third kappa shape index (κ3) is 4.24. The van der Waals surface area contributed by atoms with Gasteiger partial charge in [0.25, 0.3) is 5.91 Å². The van der Waals surface area contributed by atoms with Crippen molar-refractivity contribution in [1.29, 1.82) is 0 Å². The monoisotopic (exact) mass is 386 g/mol. The summed E-state index contributed by atoms with van der Waals surface area (Å²) in [6.07, 6.45) is 0. The fourth-order valence-electron chi connectivity index (χ4n) is 3.03. The molecule has 144 valence electrons. The van der Waals surface area contributed by atoms with Crippen molar-refractivity contribution >= 4 is 22.5 Å². The Kier molecular flexibility index (Phi) is 5.20. The Morgan fingerprint density at radius 1 is 1.00 bits per heavy atom. The summed E-state index contributed by atoms with van der Waals surface area (Å²) in [7, 11) is 0. The van der Waals surface area contributed by atoms with Crippen molar-refractivity contribution in [3.05, 3.63) is 90.2 Å². The van der Waals surface area contributed by atoms with E-state index in [2.05, 4.69) is 5.32 Å². The minimum atomic E-state index is -0.365. The lowest BCUT2D eigenvalue weighted by atomic mass is 10.1. The zero-order valence-electron chi connectivity index (χ0n) is 15.9. The standard InChI is InChI=1S/C24H19FN2O2/c1-16-11-12-18(13-20(16)25)26-24(28)15-29-23-14-22(17-7-3-2-4-8-17)27-21-10-6-5-9-19(21)23/h2-14H,15H2,1H3,(H,26,28). The third-order valence-corrected chi connectivity index (χ3v) is 4.56. The molecule has 1 aromatic heterocycles. The number of fused-ring (bicyclic) bond motifs is 1. The lowest BCUT2D eigenvalue weighted by molar-refractivity contribution is -0.118. The summed E-state index contributed by atoms with van der Waals surface area (Å²) in [6.45, 7) is 1.47. The van der Waals surface area contributed by atoms with Crippen molar-refractivity contribution in [3.8, 4) is 17.0 Å². The molecule has 0 radical (unpaired) electrons. The highest BCUT2D eigenvalue weighted by molar-refractivity contribution is 5.93. The predicted octanol–water partition coefficient (Wildman–Crippen LogP) is 5.37. The van der Waals surface area contributed by atoms with Crippen LogP contribution in [-0.2, 0) is 4.79 Å². The van der Waals surface area contributed by atoms with Crippen LogP contribution in [0.4, 0.5) is 10.1 Å². The van der Waals surface area contributed by atoms with Crippen molar-refractivity contribution in [3.63, 3.8) is 0 Å². The van der Waals surface area contributed by atoms with Crippen molar-refractivity contribution in [2.24, 2.45) is 0 Å². The summed E-state index contributed by atoms with van der Waals surface area (Å²) in [6, 6.07) is 23.8. The number of carbonyl (C=O) groups excluding carboxylic acids is 1. The quantitative estimate of drug-likeness (QED) is 0.502. The zero-order chi connectivity index (χ0) is 20.2. The number of para-hydroxylation sites is 1. The van der Waals surface area contributed by atoms with E-state index in [0.29, 0.717) is 17.0 Å². The van der Waals surface area contributed by atoms with Gasteiger partial charge in [0.05, 0.1) is 11.2 Å². The van der Waals surface area contributed by atoms with Gasteiger partial charge in [0.2, 0.25) is 0 Å². The fourth-order valence-corrected chi connectivity index (χ4v) is 3.03. The second kappa shape index (κ2) is 8.10. The molecule has 1 N–H and O–H groups in total. The van der Waals surface area contributed by atoms with E-state index in [-0.39, 0.29) is 18.3 Å². The summed E-state index contributed by atoms with van der Waals surface area (Å²) in [5.41, 5.74) is 3.43. The van der Waals surface area contributed by atoms with Gasteiger partial charge in [-0.25, -0.2) is 9.37 Å². The van der Waals surface area contributed by atoms with Crippen LogP contribution in [0, 0.1) is 12.7 Å². The summed E-state index contributed by atoms with van der Waals surface area (Å²) >= 11 is 0. The largest absolute Gasteiger partial charge is 0.483 e. The van der Waals surface area contributed by atoms with Gasteiger partial charge < -0.3 is 10.1 Å². The topological polar surface area (TPSA) is 51.2 Å². The molecule has 0 saturated carbocycles. The number of carbonyl (C=O) groups is 1. The SMILES string of the molecule is Cc1ccc(NC(=O)COc2cc(-c3ccccc3)nc3ccccc23)cc1F. The second-order valence-corrected chi connectivity index (χ2v) is 6.69. The molecular weight excluding hydrogens is 367 g/mol. The summed E-state index contributed by atoms with van der Waals surface area (Å²) in [5.74, 6) is -0.161. The number of halogens is 1. The first-order valence-corrected chi connectivity index (χ1v) is 9.24. The number of nitrogens with one attached hydrogen (secondary N) is 1. The number of aryl methyl sites for hydroxylation is 1. The molecule has 0 aliphatic carbocycles. The van der Waals surface area contributed by atoms with Crippen molar-refractivity contribution in [1.82, 2.24) is 4.98 Å². The van der Waals surface area contributed by atoms with Crippen LogP contribution in [0.2, 0.25) is 0 Å². The summed E-state index contributed by atoms with van der Waals surface area (Å²) < 4.78 is 19.5. The van der Waals surface area contributed by atoms with E-state index in [9.17, 15) is 9.18 Å². The molecule has 0 aliphatic rings. The first-order valence-electron chi connectivity index (χ1n) is 9.24. The predicted molar refractivity (Wildman–Crippen MR) is 112 cm³/mol. The molecule has 29 heavy (non-hydrogen) atoms. The van der Waals surface area contributed by atoms with Gasteiger partial charge in [-0.1, -0.05) is 48.5 Å². The van der Waals surface area contributed by atoms with Gasteiger partial charge in [0, 0.05) is 22.7 Å². The number of ether oxygens (including phenoxy) is 1. The van der Waals surface area contributed by atoms with Gasteiger partial charge in [0.15, 0.2) is 6.61 Å². The molecule has 0 spiro atoms. The van der Waals surface area contributed by atoms with Gasteiger partial charge in [-0.3, -0.25) is 4.79 Å². The van der Waals surface area contributed by atoms with Crippen LogP contribution in [0.3, 0.4) is 0 Å². The Labute approximate surface area is 168 Å². The van der Waals surface area contributed by atoms with Crippen LogP contribution in [0.15, 0.2) is 78.9 Å². The Hall–Kier alpha value is -3.73. The number of rotatable bonds is 5. The second-order valence-electron chi connectivity index (χ2n) is 6.69. The van der Waals surface area contributed by atoms with Crippen molar-refractivity contribution < 1.29 is 13.9 Å². The third-order valence-electron chi connectivity index (χ3n) is 4.56. The van der Waals surface area contributed by atoms with E-state index in [0.717, 1.165) is 22.2 Å². The van der Waals surface area contributed by atoms with Gasteiger partial charge in [-0.2, -0.15) is 0 Å².